The van der Waals surface area contributed by atoms with Crippen LogP contribution >= 0.6 is 0 Å². The standard InChI is InChI=1S/C13H19N3O4/c1-8(15-12(17)20-13(2,3)4)9-5-6-10(14)11(7-9)16(18)19/h5-8H,14H2,1-4H3,(H,15,17). The van der Waals surface area contributed by atoms with Crippen molar-refractivity contribution in [3.63, 3.8) is 0 Å². The Morgan fingerprint density at radius 2 is 2.05 bits per heavy atom. The number of nitro benzene ring substituents is 1. The summed E-state index contributed by atoms with van der Waals surface area (Å²) in [5.74, 6) is 0. The summed E-state index contributed by atoms with van der Waals surface area (Å²) in [6.45, 7) is 6.97. The first kappa shape index (κ1) is 15.7. The van der Waals surface area contributed by atoms with Crippen LogP contribution in [0.15, 0.2) is 18.2 Å². The van der Waals surface area contributed by atoms with Gasteiger partial charge in [0.15, 0.2) is 0 Å². The molecule has 0 aromatic heterocycles. The summed E-state index contributed by atoms with van der Waals surface area (Å²) in [5, 5.41) is 13.4. The molecule has 7 nitrogen and oxygen atoms in total. The minimum atomic E-state index is -0.600. The maximum Gasteiger partial charge on any atom is 0.408 e. The predicted molar refractivity (Wildman–Crippen MR) is 75.3 cm³/mol. The number of carbonyl (C=O) groups is 1. The van der Waals surface area contributed by atoms with Crippen LogP contribution in [0.2, 0.25) is 0 Å². The Labute approximate surface area is 117 Å². The van der Waals surface area contributed by atoms with E-state index in [2.05, 4.69) is 5.32 Å². The molecule has 0 fully saturated rings. The molecule has 3 N–H and O–H groups in total. The molecular formula is C13H19N3O4. The van der Waals surface area contributed by atoms with Gasteiger partial charge in [-0.1, -0.05) is 6.07 Å². The molecule has 20 heavy (non-hydrogen) atoms. The van der Waals surface area contributed by atoms with Crippen molar-refractivity contribution in [2.45, 2.75) is 39.3 Å². The van der Waals surface area contributed by atoms with Gasteiger partial charge in [0.05, 0.1) is 11.0 Å². The van der Waals surface area contributed by atoms with Gasteiger partial charge in [-0.25, -0.2) is 4.79 Å². The average molecular weight is 281 g/mol. The number of ether oxygens (including phenoxy) is 1. The van der Waals surface area contributed by atoms with Crippen molar-refractivity contribution >= 4 is 17.5 Å². The van der Waals surface area contributed by atoms with Gasteiger partial charge in [-0.2, -0.15) is 0 Å². The molecule has 0 saturated carbocycles. The van der Waals surface area contributed by atoms with Crippen LogP contribution in [0.3, 0.4) is 0 Å². The van der Waals surface area contributed by atoms with Gasteiger partial charge in [0.1, 0.15) is 11.3 Å². The Morgan fingerprint density at radius 1 is 1.45 bits per heavy atom. The van der Waals surface area contributed by atoms with Crippen LogP contribution in [0.1, 0.15) is 39.3 Å². The fraction of sp³-hybridized carbons (Fsp3) is 0.462. The molecule has 1 amide bonds. The van der Waals surface area contributed by atoms with Crippen LogP contribution in [0.5, 0.6) is 0 Å². The molecule has 1 aromatic carbocycles. The van der Waals surface area contributed by atoms with E-state index >= 15 is 0 Å². The van der Waals surface area contributed by atoms with Gasteiger partial charge in [-0.3, -0.25) is 10.1 Å². The van der Waals surface area contributed by atoms with E-state index in [1.165, 1.54) is 12.1 Å². The normalized spacial score (nSPS) is 12.6. The highest BCUT2D eigenvalue weighted by Gasteiger charge is 2.20. The third kappa shape index (κ3) is 4.42. The van der Waals surface area contributed by atoms with E-state index in [9.17, 15) is 14.9 Å². The third-order valence-corrected chi connectivity index (χ3v) is 2.48. The summed E-state index contributed by atoms with van der Waals surface area (Å²) in [7, 11) is 0. The second kappa shape index (κ2) is 5.77. The largest absolute Gasteiger partial charge is 0.444 e. The lowest BCUT2D eigenvalue weighted by molar-refractivity contribution is -0.384. The zero-order valence-corrected chi connectivity index (χ0v) is 12.0. The van der Waals surface area contributed by atoms with Gasteiger partial charge in [0.2, 0.25) is 0 Å². The van der Waals surface area contributed by atoms with Crippen LogP contribution in [0.25, 0.3) is 0 Å². The van der Waals surface area contributed by atoms with Crippen LogP contribution in [-0.4, -0.2) is 16.6 Å². The van der Waals surface area contributed by atoms with Gasteiger partial charge in [0, 0.05) is 6.07 Å². The smallest absolute Gasteiger partial charge is 0.408 e. The zero-order chi connectivity index (χ0) is 15.5. The fourth-order valence-electron chi connectivity index (χ4n) is 1.56. The van der Waals surface area contributed by atoms with Crippen molar-refractivity contribution in [1.29, 1.82) is 0 Å². The van der Waals surface area contributed by atoms with Crippen molar-refractivity contribution in [3.05, 3.63) is 33.9 Å². The molecule has 0 heterocycles. The molecule has 1 unspecified atom stereocenters. The Balaban J connectivity index is 2.83. The van der Waals surface area contributed by atoms with Crippen LogP contribution in [-0.2, 0) is 4.74 Å². The molecule has 110 valence electrons. The highest BCUT2D eigenvalue weighted by molar-refractivity contribution is 5.68. The Kier molecular flexibility index (Phi) is 4.54. The number of hydrogen-bond acceptors (Lipinski definition) is 5. The summed E-state index contributed by atoms with van der Waals surface area (Å²) in [4.78, 5) is 21.9. The molecule has 0 aliphatic rings. The molecule has 0 aliphatic heterocycles. The van der Waals surface area contributed by atoms with Crippen molar-refractivity contribution in [2.24, 2.45) is 0 Å². The van der Waals surface area contributed by atoms with E-state index in [1.54, 1.807) is 33.8 Å². The lowest BCUT2D eigenvalue weighted by Crippen LogP contribution is -2.34. The second-order valence-electron chi connectivity index (χ2n) is 5.44. The topological polar surface area (TPSA) is 107 Å². The number of alkyl carbamates (subject to hydrolysis) is 1. The molecule has 0 saturated heterocycles. The second-order valence-corrected chi connectivity index (χ2v) is 5.44. The van der Waals surface area contributed by atoms with E-state index in [1.807, 2.05) is 0 Å². The number of nitrogens with two attached hydrogens (primary N) is 1. The summed E-state index contributed by atoms with van der Waals surface area (Å²) in [5.41, 5.74) is 5.41. The number of amides is 1. The number of anilines is 1. The number of rotatable bonds is 3. The first-order valence-electron chi connectivity index (χ1n) is 6.13. The first-order chi connectivity index (χ1) is 9.10. The minimum absolute atomic E-state index is 0.0863. The quantitative estimate of drug-likeness (QED) is 0.503. The first-order valence-corrected chi connectivity index (χ1v) is 6.13. The van der Waals surface area contributed by atoms with Gasteiger partial charge < -0.3 is 15.8 Å². The number of nitrogens with one attached hydrogen (secondary N) is 1. The molecule has 1 aromatic rings. The molecule has 7 heteroatoms. The molecule has 0 spiro atoms. The van der Waals surface area contributed by atoms with Crippen LogP contribution in [0.4, 0.5) is 16.2 Å². The Hall–Kier alpha value is -2.31. The van der Waals surface area contributed by atoms with Gasteiger partial charge in [-0.15, -0.1) is 0 Å². The van der Waals surface area contributed by atoms with Crippen LogP contribution < -0.4 is 11.1 Å². The van der Waals surface area contributed by atoms with E-state index in [4.69, 9.17) is 10.5 Å². The van der Waals surface area contributed by atoms with E-state index in [0.29, 0.717) is 5.56 Å². The maximum atomic E-state index is 11.6. The minimum Gasteiger partial charge on any atom is -0.444 e. The summed E-state index contributed by atoms with van der Waals surface area (Å²) in [6.07, 6.45) is -0.579. The summed E-state index contributed by atoms with van der Waals surface area (Å²) < 4.78 is 5.12. The monoisotopic (exact) mass is 281 g/mol. The third-order valence-electron chi connectivity index (χ3n) is 2.48. The van der Waals surface area contributed by atoms with Crippen molar-refractivity contribution in [2.75, 3.05) is 5.73 Å². The highest BCUT2D eigenvalue weighted by Crippen LogP contribution is 2.25. The van der Waals surface area contributed by atoms with Gasteiger partial charge >= 0.3 is 6.09 Å². The van der Waals surface area contributed by atoms with Crippen LogP contribution in [0, 0.1) is 10.1 Å². The predicted octanol–water partition coefficient (Wildman–Crippen LogP) is 2.76. The number of nitro groups is 1. The SMILES string of the molecule is CC(NC(=O)OC(C)(C)C)c1ccc(N)c([N+](=O)[O-])c1. The molecule has 1 atom stereocenters. The Bertz CT molecular complexity index is 523. The molecule has 1 rings (SSSR count). The van der Waals surface area contributed by atoms with Crippen molar-refractivity contribution in [1.82, 2.24) is 5.32 Å². The molecular weight excluding hydrogens is 262 g/mol. The van der Waals surface area contributed by atoms with Gasteiger partial charge in [-0.05, 0) is 39.3 Å². The van der Waals surface area contributed by atoms with E-state index in [0.717, 1.165) is 0 Å². The molecule has 0 bridgehead atoms. The number of carbonyl (C=O) groups excluding carboxylic acids is 1. The number of nitrogens with zero attached hydrogens (tertiary/aromatic N) is 1. The van der Waals surface area contributed by atoms with Crippen molar-refractivity contribution in [3.8, 4) is 0 Å². The lowest BCUT2D eigenvalue weighted by atomic mass is 10.1. The number of benzene rings is 1. The van der Waals surface area contributed by atoms with Gasteiger partial charge in [0.25, 0.3) is 5.69 Å². The van der Waals surface area contributed by atoms with E-state index in [-0.39, 0.29) is 11.4 Å². The number of hydrogen-bond donors (Lipinski definition) is 2. The van der Waals surface area contributed by atoms with Crippen molar-refractivity contribution < 1.29 is 14.5 Å². The molecule has 0 radical (unpaired) electrons. The molecule has 0 aliphatic carbocycles. The lowest BCUT2D eigenvalue weighted by Gasteiger charge is -2.22. The van der Waals surface area contributed by atoms with E-state index < -0.39 is 22.7 Å². The zero-order valence-electron chi connectivity index (χ0n) is 12.0. The highest BCUT2D eigenvalue weighted by atomic mass is 16.6. The fourth-order valence-corrected chi connectivity index (χ4v) is 1.56. The summed E-state index contributed by atoms with van der Waals surface area (Å²) >= 11 is 0. The number of nitrogen functional groups attached to an aromatic ring is 1. The Morgan fingerprint density at radius 3 is 2.55 bits per heavy atom. The maximum absolute atomic E-state index is 11.6. The average Bonchev–Trinajstić information content (AvgIpc) is 2.26. The summed E-state index contributed by atoms with van der Waals surface area (Å²) in [6, 6.07) is 3.99.